The topological polar surface area (TPSA) is 86.8 Å². The lowest BCUT2D eigenvalue weighted by Crippen LogP contribution is -2.53. The summed E-state index contributed by atoms with van der Waals surface area (Å²) in [5, 5.41) is 3.43. The summed E-state index contributed by atoms with van der Waals surface area (Å²) >= 11 is 6.09. The number of rotatable bonds is 12. The summed E-state index contributed by atoms with van der Waals surface area (Å²) in [5.74, 6) is -0.754. The van der Waals surface area contributed by atoms with Crippen molar-refractivity contribution in [1.82, 2.24) is 10.2 Å². The normalized spacial score (nSPS) is 12.8. The number of hydrogen-bond acceptors (Lipinski definition) is 4. The Morgan fingerprint density at radius 1 is 0.900 bits per heavy atom. The van der Waals surface area contributed by atoms with Gasteiger partial charge in [-0.25, -0.2) is 8.42 Å². The van der Waals surface area contributed by atoms with Gasteiger partial charge in [-0.2, -0.15) is 0 Å². The van der Waals surface area contributed by atoms with Crippen LogP contribution in [0.3, 0.4) is 0 Å². The third-order valence-electron chi connectivity index (χ3n) is 6.82. The molecule has 7 nitrogen and oxygen atoms in total. The number of carbonyl (C=O) groups excluding carboxylic acids is 2. The molecule has 0 aliphatic carbocycles. The first-order valence-corrected chi connectivity index (χ1v) is 15.3. The Kier molecular flexibility index (Phi) is 10.8. The second-order valence-corrected chi connectivity index (χ2v) is 12.4. The van der Waals surface area contributed by atoms with Gasteiger partial charge in [-0.05, 0) is 75.6 Å². The summed E-state index contributed by atoms with van der Waals surface area (Å²) in [4.78, 5) is 29.0. The molecule has 2 amide bonds. The molecule has 9 heteroatoms. The second-order valence-electron chi connectivity index (χ2n) is 10.1. The summed E-state index contributed by atoms with van der Waals surface area (Å²) < 4.78 is 28.9. The number of aryl methyl sites for hydroxylation is 2. The Labute approximate surface area is 243 Å². The van der Waals surface area contributed by atoms with E-state index in [9.17, 15) is 18.0 Å². The number of carbonyl (C=O) groups is 2. The first-order valence-electron chi connectivity index (χ1n) is 13.5. The van der Waals surface area contributed by atoms with Crippen molar-refractivity contribution in [2.75, 3.05) is 10.8 Å². The van der Waals surface area contributed by atoms with Crippen LogP contribution in [0.2, 0.25) is 5.02 Å². The van der Waals surface area contributed by atoms with Crippen molar-refractivity contribution in [2.24, 2.45) is 0 Å². The number of amides is 2. The van der Waals surface area contributed by atoms with E-state index in [1.54, 1.807) is 36.4 Å². The zero-order valence-electron chi connectivity index (χ0n) is 23.7. The smallest absolute Gasteiger partial charge is 0.264 e. The maximum atomic E-state index is 14.1. The molecule has 0 heterocycles. The molecule has 0 unspecified atom stereocenters. The van der Waals surface area contributed by atoms with E-state index >= 15 is 0 Å². The van der Waals surface area contributed by atoms with E-state index in [-0.39, 0.29) is 23.4 Å². The SMILES string of the molecule is CC[C@H](C(=O)N[C@@H](C)CC)N(Cc1cccc(C)c1)C(=O)CN(c1ccc(Cl)cc1)S(=O)(=O)c1ccc(C)cc1. The minimum atomic E-state index is -4.13. The Morgan fingerprint density at radius 3 is 2.12 bits per heavy atom. The van der Waals surface area contributed by atoms with E-state index in [1.807, 2.05) is 58.9 Å². The van der Waals surface area contributed by atoms with Crippen LogP contribution >= 0.6 is 11.6 Å². The summed E-state index contributed by atoms with van der Waals surface area (Å²) in [6.07, 6.45) is 1.11. The Bertz CT molecular complexity index is 1410. The molecule has 0 bridgehead atoms. The molecule has 0 aliphatic heterocycles. The van der Waals surface area contributed by atoms with E-state index < -0.39 is 28.5 Å². The standard InChI is InChI=1S/C31H38ClN3O4S/c1-6-24(5)33-31(37)29(7-2)34(20-25-10-8-9-23(4)19-25)30(36)21-35(27-15-13-26(32)14-16-27)40(38,39)28-17-11-22(3)12-18-28/h8-19,24,29H,6-7,20-21H2,1-5H3,(H,33,37)/t24-,29+/m0/s1. The molecule has 3 aromatic carbocycles. The van der Waals surface area contributed by atoms with E-state index in [4.69, 9.17) is 11.6 Å². The molecule has 0 radical (unpaired) electrons. The molecule has 3 rings (SSSR count). The van der Waals surface area contributed by atoms with Crippen molar-refractivity contribution in [1.29, 1.82) is 0 Å². The molecule has 0 aliphatic rings. The molecule has 40 heavy (non-hydrogen) atoms. The van der Waals surface area contributed by atoms with Crippen molar-refractivity contribution >= 4 is 39.1 Å². The molecule has 0 spiro atoms. The van der Waals surface area contributed by atoms with Gasteiger partial charge in [-0.3, -0.25) is 13.9 Å². The van der Waals surface area contributed by atoms with Crippen LogP contribution in [0.25, 0.3) is 0 Å². The zero-order chi connectivity index (χ0) is 29.4. The predicted octanol–water partition coefficient (Wildman–Crippen LogP) is 5.87. The Hall–Kier alpha value is -3.36. The molecule has 3 aromatic rings. The van der Waals surface area contributed by atoms with Gasteiger partial charge in [0.2, 0.25) is 11.8 Å². The minimum absolute atomic E-state index is 0.0626. The molecule has 0 aromatic heterocycles. The highest BCUT2D eigenvalue weighted by Crippen LogP contribution is 2.26. The first kappa shape index (κ1) is 31.2. The molecule has 214 valence electrons. The number of nitrogens with zero attached hydrogens (tertiary/aromatic N) is 2. The molecule has 0 saturated heterocycles. The highest BCUT2D eigenvalue weighted by molar-refractivity contribution is 7.92. The second kappa shape index (κ2) is 13.8. The fourth-order valence-electron chi connectivity index (χ4n) is 4.34. The van der Waals surface area contributed by atoms with Crippen LogP contribution in [0, 0.1) is 13.8 Å². The van der Waals surface area contributed by atoms with Crippen LogP contribution in [0.15, 0.2) is 77.7 Å². The molecule has 1 N–H and O–H groups in total. The first-order chi connectivity index (χ1) is 19.0. The van der Waals surface area contributed by atoms with Gasteiger partial charge in [0, 0.05) is 17.6 Å². The number of hydrogen-bond donors (Lipinski definition) is 1. The van der Waals surface area contributed by atoms with Crippen molar-refractivity contribution < 1.29 is 18.0 Å². The van der Waals surface area contributed by atoms with Crippen LogP contribution in [0.5, 0.6) is 0 Å². The van der Waals surface area contributed by atoms with Gasteiger partial charge in [-0.15, -0.1) is 0 Å². The van der Waals surface area contributed by atoms with Crippen LogP contribution in [-0.2, 0) is 26.2 Å². The van der Waals surface area contributed by atoms with Gasteiger partial charge in [0.25, 0.3) is 10.0 Å². The number of nitrogens with one attached hydrogen (secondary N) is 1. The monoisotopic (exact) mass is 583 g/mol. The molecular formula is C31H38ClN3O4S. The number of anilines is 1. The van der Waals surface area contributed by atoms with Gasteiger partial charge in [-0.1, -0.05) is 73.0 Å². The predicted molar refractivity (Wildman–Crippen MR) is 161 cm³/mol. The Balaban J connectivity index is 2.05. The maximum absolute atomic E-state index is 14.1. The van der Waals surface area contributed by atoms with Crippen molar-refractivity contribution in [3.8, 4) is 0 Å². The summed E-state index contributed by atoms with van der Waals surface area (Å²) in [6.45, 7) is 9.23. The lowest BCUT2D eigenvalue weighted by molar-refractivity contribution is -0.140. The summed E-state index contributed by atoms with van der Waals surface area (Å²) in [5.41, 5.74) is 3.08. The highest BCUT2D eigenvalue weighted by atomic mass is 35.5. The summed E-state index contributed by atoms with van der Waals surface area (Å²) in [6, 6.07) is 19.6. The van der Waals surface area contributed by atoms with E-state index in [0.717, 1.165) is 27.4 Å². The molecule has 0 fully saturated rings. The molecule has 2 atom stereocenters. The minimum Gasteiger partial charge on any atom is -0.352 e. The fraction of sp³-hybridized carbons (Fsp3) is 0.355. The quantitative estimate of drug-likeness (QED) is 0.289. The third-order valence-corrected chi connectivity index (χ3v) is 8.86. The van der Waals surface area contributed by atoms with E-state index in [0.29, 0.717) is 17.1 Å². The van der Waals surface area contributed by atoms with Gasteiger partial charge in [0.05, 0.1) is 10.6 Å². The van der Waals surface area contributed by atoms with E-state index in [2.05, 4.69) is 5.32 Å². The zero-order valence-corrected chi connectivity index (χ0v) is 25.3. The largest absolute Gasteiger partial charge is 0.352 e. The fourth-order valence-corrected chi connectivity index (χ4v) is 5.88. The number of halogens is 1. The van der Waals surface area contributed by atoms with Gasteiger partial charge < -0.3 is 10.2 Å². The van der Waals surface area contributed by atoms with Crippen molar-refractivity contribution in [2.45, 2.75) is 71.0 Å². The molecular weight excluding hydrogens is 546 g/mol. The Morgan fingerprint density at radius 2 is 1.55 bits per heavy atom. The average Bonchev–Trinajstić information content (AvgIpc) is 2.92. The van der Waals surface area contributed by atoms with Crippen LogP contribution < -0.4 is 9.62 Å². The van der Waals surface area contributed by atoms with Crippen molar-refractivity contribution in [3.63, 3.8) is 0 Å². The highest BCUT2D eigenvalue weighted by Gasteiger charge is 2.34. The van der Waals surface area contributed by atoms with Crippen LogP contribution in [0.1, 0.15) is 50.3 Å². The summed E-state index contributed by atoms with van der Waals surface area (Å²) in [7, 11) is -4.13. The third kappa shape index (κ3) is 7.86. The van der Waals surface area contributed by atoms with Gasteiger partial charge >= 0.3 is 0 Å². The number of benzene rings is 3. The lowest BCUT2D eigenvalue weighted by atomic mass is 10.1. The van der Waals surface area contributed by atoms with Crippen LogP contribution in [0.4, 0.5) is 5.69 Å². The average molecular weight is 584 g/mol. The van der Waals surface area contributed by atoms with Gasteiger partial charge in [0.15, 0.2) is 0 Å². The maximum Gasteiger partial charge on any atom is 0.264 e. The molecule has 0 saturated carbocycles. The van der Waals surface area contributed by atoms with Crippen molar-refractivity contribution in [3.05, 3.63) is 94.5 Å². The number of sulfonamides is 1. The van der Waals surface area contributed by atoms with Gasteiger partial charge in [0.1, 0.15) is 12.6 Å². The van der Waals surface area contributed by atoms with Crippen LogP contribution in [-0.4, -0.2) is 43.8 Å². The van der Waals surface area contributed by atoms with E-state index in [1.165, 1.54) is 17.0 Å². The lowest BCUT2D eigenvalue weighted by Gasteiger charge is -2.33.